The molecule has 0 spiro atoms. The van der Waals surface area contributed by atoms with Crippen molar-refractivity contribution in [1.29, 1.82) is 0 Å². The third-order valence-electron chi connectivity index (χ3n) is 5.38. The van der Waals surface area contributed by atoms with Gasteiger partial charge >= 0.3 is 0 Å². The Kier molecular flexibility index (Phi) is 5.31. The lowest BCUT2D eigenvalue weighted by Crippen LogP contribution is -2.42. The van der Waals surface area contributed by atoms with Gasteiger partial charge in [-0.05, 0) is 30.9 Å². The highest BCUT2D eigenvalue weighted by molar-refractivity contribution is 8.01. The predicted octanol–water partition coefficient (Wildman–Crippen LogP) is 2.95. The van der Waals surface area contributed by atoms with Crippen LogP contribution < -0.4 is 0 Å². The number of carbonyl (C=O) groups excluding carboxylic acids is 1. The molecule has 0 radical (unpaired) electrons. The van der Waals surface area contributed by atoms with Gasteiger partial charge in [-0.1, -0.05) is 18.2 Å². The van der Waals surface area contributed by atoms with Crippen LogP contribution in [-0.2, 0) is 22.5 Å². The number of amides is 1. The molecule has 3 heterocycles. The molecule has 0 saturated carbocycles. The first-order valence-corrected chi connectivity index (χ1v) is 10.2. The largest absolute Gasteiger partial charge is 0.383 e. The molecule has 2 aromatic rings. The Morgan fingerprint density at radius 3 is 2.88 bits per heavy atom. The molecule has 6 heteroatoms. The van der Waals surface area contributed by atoms with E-state index in [2.05, 4.69) is 38.7 Å². The zero-order valence-electron chi connectivity index (χ0n) is 15.1. The summed E-state index contributed by atoms with van der Waals surface area (Å²) in [6.07, 6.45) is 6.73. The lowest BCUT2D eigenvalue weighted by molar-refractivity contribution is -0.131. The van der Waals surface area contributed by atoms with E-state index in [0.717, 1.165) is 44.7 Å². The monoisotopic (exact) mass is 371 g/mol. The summed E-state index contributed by atoms with van der Waals surface area (Å²) in [4.78, 5) is 20.8. The van der Waals surface area contributed by atoms with Crippen LogP contribution in [0.5, 0.6) is 0 Å². The number of hydrogen-bond donors (Lipinski definition) is 0. The highest BCUT2D eigenvalue weighted by atomic mass is 32.2. The number of nitrogens with zero attached hydrogens (tertiary/aromatic N) is 3. The summed E-state index contributed by atoms with van der Waals surface area (Å²) >= 11 is 1.73. The van der Waals surface area contributed by atoms with Gasteiger partial charge in [0.15, 0.2) is 0 Å². The Labute approximate surface area is 158 Å². The van der Waals surface area contributed by atoms with Crippen molar-refractivity contribution in [3.05, 3.63) is 48.0 Å². The summed E-state index contributed by atoms with van der Waals surface area (Å²) < 4.78 is 7.38. The number of aromatic nitrogens is 2. The lowest BCUT2D eigenvalue weighted by atomic mass is 9.95. The molecule has 26 heavy (non-hydrogen) atoms. The number of likely N-dealkylation sites (tertiary alicyclic amines) is 1. The normalized spacial score (nSPS) is 20.3. The maximum Gasteiger partial charge on any atom is 0.236 e. The van der Waals surface area contributed by atoms with E-state index < -0.39 is 0 Å². The SMILES string of the molecule is COCCn1ccnc1C1CCN(C(=O)[C@H]2Cc3ccccc3S2)CC1. The van der Waals surface area contributed by atoms with E-state index in [-0.39, 0.29) is 5.25 Å². The number of methoxy groups -OCH3 is 1. The molecule has 5 nitrogen and oxygen atoms in total. The van der Waals surface area contributed by atoms with E-state index in [4.69, 9.17) is 4.74 Å². The average Bonchev–Trinajstić information content (AvgIpc) is 3.32. The van der Waals surface area contributed by atoms with Crippen molar-refractivity contribution in [2.24, 2.45) is 0 Å². The van der Waals surface area contributed by atoms with Crippen molar-refractivity contribution >= 4 is 17.7 Å². The molecule has 0 aliphatic carbocycles. The first kappa shape index (κ1) is 17.6. The van der Waals surface area contributed by atoms with E-state index in [9.17, 15) is 4.79 Å². The number of ether oxygens (including phenoxy) is 1. The average molecular weight is 372 g/mol. The van der Waals surface area contributed by atoms with Crippen molar-refractivity contribution in [2.45, 2.75) is 41.9 Å². The van der Waals surface area contributed by atoms with Gasteiger partial charge in [-0.25, -0.2) is 4.98 Å². The Hall–Kier alpha value is -1.79. The predicted molar refractivity (Wildman–Crippen MR) is 102 cm³/mol. The molecule has 138 valence electrons. The molecule has 4 rings (SSSR count). The number of benzene rings is 1. The maximum absolute atomic E-state index is 12.9. The summed E-state index contributed by atoms with van der Waals surface area (Å²) in [6.45, 7) is 3.18. The molecule has 1 atom stereocenters. The van der Waals surface area contributed by atoms with Crippen LogP contribution in [0.2, 0.25) is 0 Å². The second kappa shape index (κ2) is 7.84. The fourth-order valence-electron chi connectivity index (χ4n) is 3.94. The summed E-state index contributed by atoms with van der Waals surface area (Å²) in [5.41, 5.74) is 1.31. The van der Waals surface area contributed by atoms with Gasteiger partial charge in [-0.2, -0.15) is 0 Å². The molecule has 1 saturated heterocycles. The minimum Gasteiger partial charge on any atom is -0.383 e. The molecule has 2 aliphatic rings. The first-order chi connectivity index (χ1) is 12.8. The van der Waals surface area contributed by atoms with Crippen LogP contribution >= 0.6 is 11.8 Å². The number of rotatable bonds is 5. The minimum atomic E-state index is 0.0487. The van der Waals surface area contributed by atoms with E-state index >= 15 is 0 Å². The van der Waals surface area contributed by atoms with E-state index in [1.165, 1.54) is 10.5 Å². The lowest BCUT2D eigenvalue weighted by Gasteiger charge is -2.33. The van der Waals surface area contributed by atoms with Gasteiger partial charge < -0.3 is 14.2 Å². The number of piperidine rings is 1. The zero-order valence-corrected chi connectivity index (χ0v) is 16.0. The molecule has 0 bridgehead atoms. The van der Waals surface area contributed by atoms with Gasteiger partial charge in [0.1, 0.15) is 5.82 Å². The van der Waals surface area contributed by atoms with Crippen LogP contribution in [0.25, 0.3) is 0 Å². The quantitative estimate of drug-likeness (QED) is 0.811. The zero-order chi connectivity index (χ0) is 17.9. The number of thioether (sulfide) groups is 1. The fourth-order valence-corrected chi connectivity index (χ4v) is 5.22. The third-order valence-corrected chi connectivity index (χ3v) is 6.68. The van der Waals surface area contributed by atoms with Gasteiger partial charge in [0.25, 0.3) is 0 Å². The van der Waals surface area contributed by atoms with E-state index in [1.54, 1.807) is 18.9 Å². The van der Waals surface area contributed by atoms with Gasteiger partial charge in [-0.15, -0.1) is 11.8 Å². The molecule has 2 aliphatic heterocycles. The Morgan fingerprint density at radius 1 is 1.31 bits per heavy atom. The number of carbonyl (C=O) groups is 1. The van der Waals surface area contributed by atoms with Crippen molar-refractivity contribution in [3.8, 4) is 0 Å². The summed E-state index contributed by atoms with van der Waals surface area (Å²) in [7, 11) is 1.72. The fraction of sp³-hybridized carbons (Fsp3) is 0.500. The highest BCUT2D eigenvalue weighted by Crippen LogP contribution is 2.38. The molecule has 0 unspecified atom stereocenters. The van der Waals surface area contributed by atoms with Gasteiger partial charge in [-0.3, -0.25) is 4.79 Å². The van der Waals surface area contributed by atoms with Crippen molar-refractivity contribution < 1.29 is 9.53 Å². The van der Waals surface area contributed by atoms with Crippen molar-refractivity contribution in [1.82, 2.24) is 14.5 Å². The molecule has 1 fully saturated rings. The Morgan fingerprint density at radius 2 is 2.12 bits per heavy atom. The smallest absolute Gasteiger partial charge is 0.236 e. The van der Waals surface area contributed by atoms with Crippen LogP contribution in [0.15, 0.2) is 41.6 Å². The summed E-state index contributed by atoms with van der Waals surface area (Å²) in [5.74, 6) is 1.86. The van der Waals surface area contributed by atoms with Crippen LogP contribution in [0, 0.1) is 0 Å². The minimum absolute atomic E-state index is 0.0487. The maximum atomic E-state index is 12.9. The molecule has 0 N–H and O–H groups in total. The van der Waals surface area contributed by atoms with Gasteiger partial charge in [0.2, 0.25) is 5.91 Å². The van der Waals surface area contributed by atoms with Crippen molar-refractivity contribution in [2.75, 3.05) is 26.8 Å². The molecule has 1 aromatic carbocycles. The third kappa shape index (κ3) is 3.53. The number of hydrogen-bond acceptors (Lipinski definition) is 4. The van der Waals surface area contributed by atoms with Crippen LogP contribution in [0.1, 0.15) is 30.1 Å². The van der Waals surface area contributed by atoms with Crippen molar-refractivity contribution in [3.63, 3.8) is 0 Å². The van der Waals surface area contributed by atoms with E-state index in [0.29, 0.717) is 18.4 Å². The van der Waals surface area contributed by atoms with Crippen LogP contribution in [-0.4, -0.2) is 52.4 Å². The Balaban J connectivity index is 1.34. The molecular weight excluding hydrogens is 346 g/mol. The number of fused-ring (bicyclic) bond motifs is 1. The van der Waals surface area contributed by atoms with E-state index in [1.807, 2.05) is 12.4 Å². The second-order valence-electron chi connectivity index (χ2n) is 6.99. The standard InChI is InChI=1S/C20H25N3O2S/c1-25-13-12-22-11-8-21-19(22)15-6-9-23(10-7-15)20(24)18-14-16-4-2-3-5-17(16)26-18/h2-5,8,11,15,18H,6-7,9-10,12-14H2,1H3/t18-/m1/s1. The summed E-state index contributed by atoms with van der Waals surface area (Å²) in [6, 6.07) is 8.38. The molecular formula is C20H25N3O2S. The first-order valence-electron chi connectivity index (χ1n) is 9.29. The van der Waals surface area contributed by atoms with Crippen LogP contribution in [0.4, 0.5) is 0 Å². The molecule has 1 aromatic heterocycles. The topological polar surface area (TPSA) is 47.4 Å². The molecule has 1 amide bonds. The highest BCUT2D eigenvalue weighted by Gasteiger charge is 2.34. The van der Waals surface area contributed by atoms with Crippen LogP contribution in [0.3, 0.4) is 0 Å². The van der Waals surface area contributed by atoms with Gasteiger partial charge in [0.05, 0.1) is 11.9 Å². The number of imidazole rings is 1. The second-order valence-corrected chi connectivity index (χ2v) is 8.23. The Bertz CT molecular complexity index is 743. The summed E-state index contributed by atoms with van der Waals surface area (Å²) in [5, 5.41) is 0.0487. The van der Waals surface area contributed by atoms with Gasteiger partial charge in [0, 0.05) is 50.0 Å².